The lowest BCUT2D eigenvalue weighted by molar-refractivity contribution is -0.278. The zero-order chi connectivity index (χ0) is 18.0. The van der Waals surface area contributed by atoms with Crippen LogP contribution < -0.4 is 10.1 Å². The second-order valence-corrected chi connectivity index (χ2v) is 5.47. The first kappa shape index (κ1) is 16.5. The molecule has 0 aliphatic carbocycles. The van der Waals surface area contributed by atoms with Gasteiger partial charge >= 0.3 is 17.9 Å². The molecule has 25 heavy (non-hydrogen) atoms. The average molecular weight is 341 g/mol. The number of para-hydroxylation sites is 2. The van der Waals surface area contributed by atoms with E-state index in [2.05, 4.69) is 5.32 Å². The van der Waals surface area contributed by atoms with Gasteiger partial charge in [0, 0.05) is 6.92 Å². The maximum absolute atomic E-state index is 12.5. The van der Waals surface area contributed by atoms with Gasteiger partial charge in [-0.05, 0) is 24.3 Å². The van der Waals surface area contributed by atoms with Crippen LogP contribution in [0.1, 0.15) is 34.6 Å². The lowest BCUT2D eigenvalue weighted by atomic mass is 10.1. The predicted molar refractivity (Wildman–Crippen MR) is 87.1 cm³/mol. The van der Waals surface area contributed by atoms with Gasteiger partial charge in [0.15, 0.2) is 0 Å². The summed E-state index contributed by atoms with van der Waals surface area (Å²) in [5.74, 6) is -3.46. The highest BCUT2D eigenvalue weighted by Gasteiger charge is 2.42. The van der Waals surface area contributed by atoms with Gasteiger partial charge in [-0.15, -0.1) is 0 Å². The molecule has 1 N–H and O–H groups in total. The summed E-state index contributed by atoms with van der Waals surface area (Å²) in [6, 6.07) is 12.8. The van der Waals surface area contributed by atoms with Crippen molar-refractivity contribution in [3.63, 3.8) is 0 Å². The topological polar surface area (TPSA) is 90.9 Å². The zero-order valence-corrected chi connectivity index (χ0v) is 13.6. The molecule has 2 aromatic rings. The van der Waals surface area contributed by atoms with Crippen molar-refractivity contribution in [1.29, 1.82) is 0 Å². The number of esters is 2. The molecule has 7 nitrogen and oxygen atoms in total. The van der Waals surface area contributed by atoms with Gasteiger partial charge < -0.3 is 19.5 Å². The maximum atomic E-state index is 12.5. The molecule has 0 saturated heterocycles. The lowest BCUT2D eigenvalue weighted by Gasteiger charge is -2.33. The number of ether oxygens (including phenoxy) is 3. The van der Waals surface area contributed by atoms with Crippen molar-refractivity contribution in [3.05, 3.63) is 59.7 Å². The number of fused-ring (bicyclic) bond motifs is 1. The fourth-order valence-electron chi connectivity index (χ4n) is 2.39. The Labute approximate surface area is 143 Å². The number of rotatable bonds is 3. The van der Waals surface area contributed by atoms with Gasteiger partial charge in [0.05, 0.1) is 18.2 Å². The van der Waals surface area contributed by atoms with Crippen LogP contribution in [0.25, 0.3) is 0 Å². The van der Waals surface area contributed by atoms with Gasteiger partial charge in [0.25, 0.3) is 0 Å². The summed E-state index contributed by atoms with van der Waals surface area (Å²) in [6.45, 7) is 2.64. The van der Waals surface area contributed by atoms with Crippen molar-refractivity contribution in [2.75, 3.05) is 5.32 Å². The molecule has 1 unspecified atom stereocenters. The number of carbonyl (C=O) groups excluding carboxylic acids is 3. The quantitative estimate of drug-likeness (QED) is 0.863. The van der Waals surface area contributed by atoms with Crippen molar-refractivity contribution in [2.45, 2.75) is 19.8 Å². The van der Waals surface area contributed by atoms with Crippen LogP contribution in [-0.2, 0) is 14.3 Å². The van der Waals surface area contributed by atoms with Crippen molar-refractivity contribution < 1.29 is 28.6 Å². The third-order valence-electron chi connectivity index (χ3n) is 3.42. The Morgan fingerprint density at radius 1 is 1.04 bits per heavy atom. The van der Waals surface area contributed by atoms with E-state index in [1.54, 1.807) is 42.5 Å². The number of hydrogen-bond acceptors (Lipinski definition) is 6. The summed E-state index contributed by atoms with van der Waals surface area (Å²) < 4.78 is 15.9. The third-order valence-corrected chi connectivity index (χ3v) is 3.42. The molecule has 0 aromatic heterocycles. The molecule has 2 aromatic carbocycles. The molecule has 1 heterocycles. The lowest BCUT2D eigenvalue weighted by Crippen LogP contribution is -2.45. The maximum Gasteiger partial charge on any atom is 0.418 e. The molecular weight excluding hydrogens is 326 g/mol. The molecule has 1 atom stereocenters. The number of cyclic esters (lactones) is 1. The van der Waals surface area contributed by atoms with Crippen molar-refractivity contribution in [3.8, 4) is 5.75 Å². The van der Waals surface area contributed by atoms with E-state index in [9.17, 15) is 14.4 Å². The number of hydrogen-bond donors (Lipinski definition) is 1. The van der Waals surface area contributed by atoms with Crippen LogP contribution in [-0.4, -0.2) is 23.8 Å². The number of benzene rings is 2. The summed E-state index contributed by atoms with van der Waals surface area (Å²) in [6.07, 6.45) is 0. The highest BCUT2D eigenvalue weighted by atomic mass is 16.9. The van der Waals surface area contributed by atoms with E-state index < -0.39 is 17.9 Å². The molecule has 128 valence electrons. The van der Waals surface area contributed by atoms with Crippen LogP contribution in [0, 0.1) is 0 Å². The highest BCUT2D eigenvalue weighted by Crippen LogP contribution is 2.32. The van der Waals surface area contributed by atoms with Gasteiger partial charge in [-0.25, -0.2) is 9.59 Å². The molecule has 0 spiro atoms. The molecule has 0 bridgehead atoms. The third kappa shape index (κ3) is 3.45. The van der Waals surface area contributed by atoms with Gasteiger partial charge in [-0.2, -0.15) is 0 Å². The molecule has 3 rings (SSSR count). The first-order valence-corrected chi connectivity index (χ1v) is 7.49. The molecule has 0 saturated carbocycles. The standard InChI is InChI=1S/C18H15NO6/c1-11(20)19-14-9-5-3-7-12(14)16(21)24-18(2)23-15-10-6-4-8-13(15)17(22)25-18/h3-10H,1-2H3,(H,19,20). The van der Waals surface area contributed by atoms with E-state index in [0.717, 1.165) is 0 Å². The molecule has 0 radical (unpaired) electrons. The van der Waals surface area contributed by atoms with Gasteiger partial charge in [-0.1, -0.05) is 24.3 Å². The Morgan fingerprint density at radius 2 is 1.72 bits per heavy atom. The number of anilines is 1. The summed E-state index contributed by atoms with van der Waals surface area (Å²) in [4.78, 5) is 35.8. The summed E-state index contributed by atoms with van der Waals surface area (Å²) in [5.41, 5.74) is 0.637. The minimum absolute atomic E-state index is 0.109. The van der Waals surface area contributed by atoms with Crippen molar-refractivity contribution in [2.24, 2.45) is 0 Å². The Balaban J connectivity index is 1.84. The Morgan fingerprint density at radius 3 is 2.48 bits per heavy atom. The summed E-state index contributed by atoms with van der Waals surface area (Å²) >= 11 is 0. The SMILES string of the molecule is CC(=O)Nc1ccccc1C(=O)OC1(C)OC(=O)c2ccccc2O1. The Hall–Kier alpha value is -3.35. The van der Waals surface area contributed by atoms with E-state index in [0.29, 0.717) is 0 Å². The average Bonchev–Trinajstić information content (AvgIpc) is 2.54. The monoisotopic (exact) mass is 341 g/mol. The molecule has 0 fully saturated rings. The molecule has 7 heteroatoms. The van der Waals surface area contributed by atoms with E-state index >= 15 is 0 Å². The Bertz CT molecular complexity index is 862. The van der Waals surface area contributed by atoms with Crippen LogP contribution in [0.5, 0.6) is 5.75 Å². The van der Waals surface area contributed by atoms with E-state index in [1.165, 1.54) is 19.9 Å². The zero-order valence-electron chi connectivity index (χ0n) is 13.6. The smallest absolute Gasteiger partial charge is 0.418 e. The fraction of sp³-hybridized carbons (Fsp3) is 0.167. The first-order chi connectivity index (χ1) is 11.9. The largest absolute Gasteiger partial charge is 0.420 e. The van der Waals surface area contributed by atoms with E-state index in [-0.39, 0.29) is 28.5 Å². The van der Waals surface area contributed by atoms with Crippen LogP contribution in [0.15, 0.2) is 48.5 Å². The molecule has 1 amide bonds. The minimum atomic E-state index is -1.91. The first-order valence-electron chi connectivity index (χ1n) is 7.49. The second kappa shape index (κ2) is 6.27. The molecule has 1 aliphatic heterocycles. The molecule has 1 aliphatic rings. The molecular formula is C18H15NO6. The normalized spacial score (nSPS) is 18.4. The number of carbonyl (C=O) groups is 3. The van der Waals surface area contributed by atoms with Crippen LogP contribution >= 0.6 is 0 Å². The van der Waals surface area contributed by atoms with Crippen molar-refractivity contribution in [1.82, 2.24) is 0 Å². The number of nitrogens with one attached hydrogen (secondary N) is 1. The van der Waals surface area contributed by atoms with Crippen molar-refractivity contribution >= 4 is 23.5 Å². The highest BCUT2D eigenvalue weighted by molar-refractivity contribution is 6.01. The summed E-state index contributed by atoms with van der Waals surface area (Å²) in [7, 11) is 0. The van der Waals surface area contributed by atoms with E-state index in [1.807, 2.05) is 0 Å². The second-order valence-electron chi connectivity index (χ2n) is 5.47. The van der Waals surface area contributed by atoms with Crippen LogP contribution in [0.3, 0.4) is 0 Å². The van der Waals surface area contributed by atoms with Crippen LogP contribution in [0.2, 0.25) is 0 Å². The van der Waals surface area contributed by atoms with E-state index in [4.69, 9.17) is 14.2 Å². The Kier molecular flexibility index (Phi) is 4.14. The van der Waals surface area contributed by atoms with Gasteiger partial charge in [-0.3, -0.25) is 4.79 Å². The fourth-order valence-corrected chi connectivity index (χ4v) is 2.39. The minimum Gasteiger partial charge on any atom is -0.420 e. The number of amides is 1. The van der Waals surface area contributed by atoms with Crippen LogP contribution in [0.4, 0.5) is 5.69 Å². The summed E-state index contributed by atoms with van der Waals surface area (Å²) in [5, 5.41) is 2.54. The predicted octanol–water partition coefficient (Wildman–Crippen LogP) is 2.72. The van der Waals surface area contributed by atoms with Gasteiger partial charge in [0.2, 0.25) is 5.91 Å². The van der Waals surface area contributed by atoms with Gasteiger partial charge in [0.1, 0.15) is 11.3 Å².